The van der Waals surface area contributed by atoms with Crippen LogP contribution in [0.3, 0.4) is 0 Å². The van der Waals surface area contributed by atoms with Crippen molar-refractivity contribution in [1.29, 1.82) is 0 Å². The smallest absolute Gasteiger partial charge is 0.156 e. The van der Waals surface area contributed by atoms with Crippen LogP contribution in [0.15, 0.2) is 6.07 Å². The van der Waals surface area contributed by atoms with Gasteiger partial charge in [0, 0.05) is 13.1 Å². The summed E-state index contributed by atoms with van der Waals surface area (Å²) in [5, 5.41) is 7.73. The van der Waals surface area contributed by atoms with Gasteiger partial charge < -0.3 is 5.32 Å². The summed E-state index contributed by atoms with van der Waals surface area (Å²) in [5.41, 5.74) is 4.91. The topological polar surface area (TPSA) is 42.2 Å². The molecular formula is C10H13ClN4. The number of fused-ring (bicyclic) bond motifs is 3. The van der Waals surface area contributed by atoms with Crippen molar-refractivity contribution in [2.75, 3.05) is 0 Å². The largest absolute Gasteiger partial charge is 0.307 e. The molecule has 0 saturated heterocycles. The maximum Gasteiger partial charge on any atom is 0.156 e. The minimum Gasteiger partial charge on any atom is -0.307 e. The van der Waals surface area contributed by atoms with Gasteiger partial charge in [-0.25, -0.2) is 9.50 Å². The van der Waals surface area contributed by atoms with Crippen LogP contribution in [0.5, 0.6) is 0 Å². The summed E-state index contributed by atoms with van der Waals surface area (Å²) < 4.78 is 1.96. The molecule has 1 N–H and O–H groups in total. The van der Waals surface area contributed by atoms with Gasteiger partial charge in [0.2, 0.25) is 0 Å². The summed E-state index contributed by atoms with van der Waals surface area (Å²) in [7, 11) is 0. The molecule has 3 rings (SSSR count). The van der Waals surface area contributed by atoms with Crippen molar-refractivity contribution in [3.8, 4) is 0 Å². The first kappa shape index (κ1) is 10.4. The van der Waals surface area contributed by atoms with E-state index in [1.54, 1.807) is 0 Å². The van der Waals surface area contributed by atoms with E-state index in [1.807, 2.05) is 11.4 Å². The zero-order valence-electron chi connectivity index (χ0n) is 8.74. The standard InChI is InChI=1S/C10H12N4.ClH/c1-6-3-10-12-7(2)13-14(10)9-5-11-4-8(6)9;/h3,11H,4-5H2,1-2H3;1H. The van der Waals surface area contributed by atoms with E-state index in [9.17, 15) is 0 Å². The number of halogens is 1. The van der Waals surface area contributed by atoms with Gasteiger partial charge in [-0.15, -0.1) is 12.4 Å². The molecule has 5 heteroatoms. The van der Waals surface area contributed by atoms with Crippen LogP contribution in [0.1, 0.15) is 22.6 Å². The van der Waals surface area contributed by atoms with E-state index in [0.717, 1.165) is 24.6 Å². The first-order valence-corrected chi connectivity index (χ1v) is 4.81. The van der Waals surface area contributed by atoms with Gasteiger partial charge in [-0.1, -0.05) is 0 Å². The Morgan fingerprint density at radius 3 is 2.93 bits per heavy atom. The second-order valence-corrected chi connectivity index (χ2v) is 3.79. The highest BCUT2D eigenvalue weighted by Gasteiger charge is 2.17. The lowest BCUT2D eigenvalue weighted by atomic mass is 10.1. The zero-order valence-corrected chi connectivity index (χ0v) is 9.56. The number of hydrogen-bond donors (Lipinski definition) is 1. The van der Waals surface area contributed by atoms with E-state index >= 15 is 0 Å². The van der Waals surface area contributed by atoms with E-state index in [2.05, 4.69) is 28.4 Å². The second-order valence-electron chi connectivity index (χ2n) is 3.79. The number of hydrogen-bond acceptors (Lipinski definition) is 3. The maximum atomic E-state index is 4.39. The molecule has 1 aliphatic rings. The molecule has 0 atom stereocenters. The number of nitrogens with one attached hydrogen (secondary N) is 1. The molecule has 15 heavy (non-hydrogen) atoms. The highest BCUT2D eigenvalue weighted by Crippen LogP contribution is 2.20. The van der Waals surface area contributed by atoms with Crippen LogP contribution in [0.4, 0.5) is 0 Å². The maximum absolute atomic E-state index is 4.39. The molecule has 0 bridgehead atoms. The van der Waals surface area contributed by atoms with E-state index in [0.29, 0.717) is 0 Å². The average molecular weight is 225 g/mol. The lowest BCUT2D eigenvalue weighted by Gasteiger charge is -2.04. The summed E-state index contributed by atoms with van der Waals surface area (Å²) in [5.74, 6) is 0.838. The van der Waals surface area contributed by atoms with Gasteiger partial charge in [-0.05, 0) is 31.0 Å². The third-order valence-corrected chi connectivity index (χ3v) is 2.76. The predicted molar refractivity (Wildman–Crippen MR) is 60.3 cm³/mol. The lowest BCUT2D eigenvalue weighted by molar-refractivity contribution is 0.739. The van der Waals surface area contributed by atoms with Gasteiger partial charge in [0.25, 0.3) is 0 Å². The number of rotatable bonds is 0. The van der Waals surface area contributed by atoms with Crippen molar-refractivity contribution in [3.63, 3.8) is 0 Å². The van der Waals surface area contributed by atoms with Crippen molar-refractivity contribution in [3.05, 3.63) is 28.7 Å². The van der Waals surface area contributed by atoms with Crippen LogP contribution in [-0.2, 0) is 13.1 Å². The minimum absolute atomic E-state index is 0. The average Bonchev–Trinajstić information content (AvgIpc) is 2.69. The van der Waals surface area contributed by atoms with Crippen LogP contribution >= 0.6 is 12.4 Å². The molecule has 4 nitrogen and oxygen atoms in total. The molecule has 0 radical (unpaired) electrons. The first-order chi connectivity index (χ1) is 6.75. The number of pyridine rings is 1. The van der Waals surface area contributed by atoms with Gasteiger partial charge in [0.1, 0.15) is 5.82 Å². The Bertz CT molecular complexity index is 518. The van der Waals surface area contributed by atoms with Crippen molar-refractivity contribution in [1.82, 2.24) is 19.9 Å². The molecule has 0 unspecified atom stereocenters. The van der Waals surface area contributed by atoms with Gasteiger partial charge in [-0.2, -0.15) is 5.10 Å². The van der Waals surface area contributed by atoms with E-state index in [-0.39, 0.29) is 12.4 Å². The third-order valence-electron chi connectivity index (χ3n) is 2.76. The van der Waals surface area contributed by atoms with Crippen LogP contribution in [0, 0.1) is 13.8 Å². The fourth-order valence-electron chi connectivity index (χ4n) is 2.09. The number of aryl methyl sites for hydroxylation is 2. The molecule has 80 valence electrons. The van der Waals surface area contributed by atoms with E-state index in [4.69, 9.17) is 0 Å². The zero-order chi connectivity index (χ0) is 9.71. The van der Waals surface area contributed by atoms with Crippen molar-refractivity contribution < 1.29 is 0 Å². The Kier molecular flexibility index (Phi) is 2.40. The molecule has 0 saturated carbocycles. The fraction of sp³-hybridized carbons (Fsp3) is 0.400. The summed E-state index contributed by atoms with van der Waals surface area (Å²) in [6, 6.07) is 2.10. The first-order valence-electron chi connectivity index (χ1n) is 4.81. The van der Waals surface area contributed by atoms with Crippen molar-refractivity contribution >= 4 is 18.1 Å². The Balaban J connectivity index is 0.000000853. The van der Waals surface area contributed by atoms with Crippen LogP contribution in [0.25, 0.3) is 5.65 Å². The monoisotopic (exact) mass is 224 g/mol. The van der Waals surface area contributed by atoms with Crippen LogP contribution in [-0.4, -0.2) is 14.6 Å². The molecular weight excluding hydrogens is 212 g/mol. The number of aromatic nitrogens is 3. The lowest BCUT2D eigenvalue weighted by Crippen LogP contribution is -2.02. The Morgan fingerprint density at radius 1 is 1.33 bits per heavy atom. The molecule has 1 aliphatic heterocycles. The molecule has 0 spiro atoms. The van der Waals surface area contributed by atoms with E-state index < -0.39 is 0 Å². The molecule has 0 aromatic carbocycles. The molecule has 0 aliphatic carbocycles. The predicted octanol–water partition coefficient (Wildman–Crippen LogP) is 1.37. The fourth-order valence-corrected chi connectivity index (χ4v) is 2.09. The Hall–Kier alpha value is -1.13. The molecule has 2 aromatic rings. The Labute approximate surface area is 94.1 Å². The quantitative estimate of drug-likeness (QED) is 0.735. The summed E-state index contributed by atoms with van der Waals surface area (Å²) in [4.78, 5) is 4.38. The molecule has 2 aromatic heterocycles. The van der Waals surface area contributed by atoms with Crippen molar-refractivity contribution in [2.24, 2.45) is 0 Å². The van der Waals surface area contributed by atoms with Crippen LogP contribution < -0.4 is 5.32 Å². The highest BCUT2D eigenvalue weighted by atomic mass is 35.5. The summed E-state index contributed by atoms with van der Waals surface area (Å²) in [6.07, 6.45) is 0. The van der Waals surface area contributed by atoms with Gasteiger partial charge in [-0.3, -0.25) is 0 Å². The van der Waals surface area contributed by atoms with Gasteiger partial charge >= 0.3 is 0 Å². The molecule has 0 amide bonds. The summed E-state index contributed by atoms with van der Waals surface area (Å²) >= 11 is 0. The van der Waals surface area contributed by atoms with Crippen molar-refractivity contribution in [2.45, 2.75) is 26.9 Å². The highest BCUT2D eigenvalue weighted by molar-refractivity contribution is 5.85. The normalized spacial score (nSPS) is 14.0. The third kappa shape index (κ3) is 1.41. The minimum atomic E-state index is 0. The van der Waals surface area contributed by atoms with Gasteiger partial charge in [0.05, 0.1) is 5.69 Å². The molecule has 0 fully saturated rings. The van der Waals surface area contributed by atoms with Gasteiger partial charge in [0.15, 0.2) is 5.65 Å². The SMILES string of the molecule is Cc1nc2cc(C)c3c(n2n1)CNC3.Cl. The molecule has 3 heterocycles. The van der Waals surface area contributed by atoms with Crippen LogP contribution in [0.2, 0.25) is 0 Å². The Morgan fingerprint density at radius 2 is 2.13 bits per heavy atom. The van der Waals surface area contributed by atoms with E-state index in [1.165, 1.54) is 16.8 Å². The number of nitrogens with zero attached hydrogens (tertiary/aromatic N) is 3. The second kappa shape index (κ2) is 3.47. The summed E-state index contributed by atoms with van der Waals surface area (Å²) in [6.45, 7) is 5.92.